The monoisotopic (exact) mass is 319 g/mol. The first-order valence-corrected chi connectivity index (χ1v) is 8.86. The summed E-state index contributed by atoms with van der Waals surface area (Å²) in [7, 11) is -1.84. The Morgan fingerprint density at radius 2 is 2.20 bits per heavy atom. The molecule has 1 aliphatic rings. The molecule has 1 saturated carbocycles. The normalized spacial score (nSPS) is 25.4. The Morgan fingerprint density at radius 3 is 2.75 bits per heavy atom. The molecule has 0 spiro atoms. The topological polar surface area (TPSA) is 75.6 Å². The molecule has 2 unspecified atom stereocenters. The molecule has 1 fully saturated rings. The molecule has 7 heteroatoms. The summed E-state index contributed by atoms with van der Waals surface area (Å²) in [5.41, 5.74) is -0.201. The second-order valence-electron chi connectivity index (χ2n) is 5.65. The van der Waals surface area contributed by atoms with Crippen LogP contribution in [0.4, 0.5) is 0 Å². The predicted octanol–water partition coefficient (Wildman–Crippen LogP) is 1.37. The Labute approximate surface area is 124 Å². The highest BCUT2D eigenvalue weighted by Crippen LogP contribution is 2.43. The van der Waals surface area contributed by atoms with Crippen LogP contribution < -0.4 is 4.72 Å². The SMILES string of the molecule is COC1CC(NS(=O)(=O)c2ccc(CCO)s2)C1(C)C. The van der Waals surface area contributed by atoms with E-state index < -0.39 is 10.0 Å². The number of nitrogens with one attached hydrogen (secondary N) is 1. The summed E-state index contributed by atoms with van der Waals surface area (Å²) >= 11 is 1.21. The second kappa shape index (κ2) is 5.73. The maximum atomic E-state index is 12.3. The van der Waals surface area contributed by atoms with Gasteiger partial charge < -0.3 is 9.84 Å². The molecule has 114 valence electrons. The standard InChI is InChI=1S/C13H21NO4S2/c1-13(2)10(8-11(13)18-3)14-20(16,17)12-5-4-9(19-12)6-7-15/h4-5,10-11,14-15H,6-8H2,1-3H3. The van der Waals surface area contributed by atoms with Gasteiger partial charge >= 0.3 is 0 Å². The van der Waals surface area contributed by atoms with Crippen LogP contribution in [0.1, 0.15) is 25.1 Å². The summed E-state index contributed by atoms with van der Waals surface area (Å²) in [6.45, 7) is 4.03. The average molecular weight is 319 g/mol. The van der Waals surface area contributed by atoms with Gasteiger partial charge in [-0.1, -0.05) is 13.8 Å². The summed E-state index contributed by atoms with van der Waals surface area (Å²) < 4.78 is 33.1. The van der Waals surface area contributed by atoms with E-state index in [0.29, 0.717) is 17.1 Å². The van der Waals surface area contributed by atoms with Gasteiger partial charge in [-0.25, -0.2) is 13.1 Å². The van der Waals surface area contributed by atoms with E-state index in [1.165, 1.54) is 11.3 Å². The summed E-state index contributed by atoms with van der Waals surface area (Å²) in [5, 5.41) is 8.88. The first kappa shape index (κ1) is 15.9. The molecule has 0 bridgehead atoms. The van der Waals surface area contributed by atoms with Gasteiger partial charge in [-0.15, -0.1) is 11.3 Å². The Balaban J connectivity index is 2.08. The third-order valence-corrected chi connectivity index (χ3v) is 7.13. The maximum Gasteiger partial charge on any atom is 0.250 e. The number of hydrogen-bond donors (Lipinski definition) is 2. The molecular weight excluding hydrogens is 298 g/mol. The maximum absolute atomic E-state index is 12.3. The summed E-state index contributed by atoms with van der Waals surface area (Å²) in [6.07, 6.45) is 1.27. The van der Waals surface area contributed by atoms with Gasteiger partial charge in [0, 0.05) is 36.5 Å². The van der Waals surface area contributed by atoms with Gasteiger partial charge in [0.25, 0.3) is 0 Å². The van der Waals surface area contributed by atoms with Crippen LogP contribution in [-0.2, 0) is 21.2 Å². The van der Waals surface area contributed by atoms with E-state index in [-0.39, 0.29) is 24.2 Å². The molecule has 0 radical (unpaired) electrons. The molecule has 1 aromatic rings. The summed E-state index contributed by atoms with van der Waals surface area (Å²) in [6, 6.07) is 3.23. The second-order valence-corrected chi connectivity index (χ2v) is 8.76. The van der Waals surface area contributed by atoms with Crippen molar-refractivity contribution in [1.82, 2.24) is 4.72 Å². The predicted molar refractivity (Wildman–Crippen MR) is 78.4 cm³/mol. The Kier molecular flexibility index (Phi) is 4.56. The Hall–Kier alpha value is -0.470. The molecule has 0 amide bonds. The van der Waals surface area contributed by atoms with Crippen molar-refractivity contribution in [2.45, 2.75) is 43.0 Å². The van der Waals surface area contributed by atoms with Gasteiger partial charge in [-0.05, 0) is 18.6 Å². The number of sulfonamides is 1. The number of aliphatic hydroxyl groups is 1. The smallest absolute Gasteiger partial charge is 0.250 e. The molecule has 1 aliphatic carbocycles. The zero-order valence-electron chi connectivity index (χ0n) is 11.9. The number of methoxy groups -OCH3 is 1. The van der Waals surface area contributed by atoms with Gasteiger partial charge in [-0.2, -0.15) is 0 Å². The summed E-state index contributed by atoms with van der Waals surface area (Å²) in [5.74, 6) is 0. The highest BCUT2D eigenvalue weighted by atomic mass is 32.2. The van der Waals surface area contributed by atoms with E-state index in [1.807, 2.05) is 13.8 Å². The molecule has 1 aromatic heterocycles. The van der Waals surface area contributed by atoms with Crippen molar-refractivity contribution in [2.24, 2.45) is 5.41 Å². The van der Waals surface area contributed by atoms with Gasteiger partial charge in [0.15, 0.2) is 0 Å². The number of hydrogen-bond acceptors (Lipinski definition) is 5. The summed E-state index contributed by atoms with van der Waals surface area (Å²) in [4.78, 5) is 0.871. The zero-order chi connectivity index (χ0) is 15.0. The van der Waals surface area contributed by atoms with E-state index in [4.69, 9.17) is 9.84 Å². The third-order valence-electron chi connectivity index (χ3n) is 4.02. The number of aliphatic hydroxyl groups excluding tert-OH is 1. The van der Waals surface area contributed by atoms with Crippen molar-refractivity contribution in [3.8, 4) is 0 Å². The molecule has 0 saturated heterocycles. The Morgan fingerprint density at radius 1 is 1.50 bits per heavy atom. The van der Waals surface area contributed by atoms with Crippen molar-refractivity contribution in [3.63, 3.8) is 0 Å². The average Bonchev–Trinajstić information content (AvgIpc) is 2.84. The van der Waals surface area contributed by atoms with E-state index in [9.17, 15) is 8.42 Å². The molecule has 2 atom stereocenters. The lowest BCUT2D eigenvalue weighted by atomic mass is 9.65. The number of rotatable bonds is 6. The molecule has 5 nitrogen and oxygen atoms in total. The molecule has 20 heavy (non-hydrogen) atoms. The Bertz CT molecular complexity index is 565. The van der Waals surface area contributed by atoms with Gasteiger partial charge in [0.2, 0.25) is 10.0 Å². The van der Waals surface area contributed by atoms with Crippen molar-refractivity contribution in [2.75, 3.05) is 13.7 Å². The van der Waals surface area contributed by atoms with E-state index in [1.54, 1.807) is 19.2 Å². The molecule has 0 aromatic carbocycles. The van der Waals surface area contributed by atoms with Crippen molar-refractivity contribution < 1.29 is 18.3 Å². The fourth-order valence-corrected chi connectivity index (χ4v) is 5.24. The van der Waals surface area contributed by atoms with Gasteiger partial charge in [0.05, 0.1) is 6.10 Å². The van der Waals surface area contributed by atoms with Crippen molar-refractivity contribution in [1.29, 1.82) is 0 Å². The van der Waals surface area contributed by atoms with Crippen LogP contribution in [0.2, 0.25) is 0 Å². The van der Waals surface area contributed by atoms with E-state index >= 15 is 0 Å². The first-order valence-electron chi connectivity index (χ1n) is 6.56. The van der Waals surface area contributed by atoms with Crippen LogP contribution >= 0.6 is 11.3 Å². The third kappa shape index (κ3) is 2.92. The lowest BCUT2D eigenvalue weighted by Crippen LogP contribution is -2.61. The first-order chi connectivity index (χ1) is 9.31. The van der Waals surface area contributed by atoms with Crippen LogP contribution in [0.25, 0.3) is 0 Å². The molecule has 1 heterocycles. The van der Waals surface area contributed by atoms with Crippen LogP contribution in [0, 0.1) is 5.41 Å². The largest absolute Gasteiger partial charge is 0.396 e. The fourth-order valence-electron chi connectivity index (χ4n) is 2.48. The lowest BCUT2D eigenvalue weighted by molar-refractivity contribution is -0.0908. The molecule has 0 aliphatic heterocycles. The van der Waals surface area contributed by atoms with Gasteiger partial charge in [-0.3, -0.25) is 0 Å². The molecular formula is C13H21NO4S2. The fraction of sp³-hybridized carbons (Fsp3) is 0.692. The van der Waals surface area contributed by atoms with E-state index in [0.717, 1.165) is 4.88 Å². The minimum Gasteiger partial charge on any atom is -0.396 e. The minimum atomic E-state index is -3.49. The van der Waals surface area contributed by atoms with Crippen molar-refractivity contribution in [3.05, 3.63) is 17.0 Å². The number of thiophene rings is 1. The quantitative estimate of drug-likeness (QED) is 0.830. The highest BCUT2D eigenvalue weighted by Gasteiger charge is 2.50. The van der Waals surface area contributed by atoms with Crippen LogP contribution in [0.15, 0.2) is 16.3 Å². The lowest BCUT2D eigenvalue weighted by Gasteiger charge is -2.50. The molecule has 2 N–H and O–H groups in total. The van der Waals surface area contributed by atoms with E-state index in [2.05, 4.69) is 4.72 Å². The van der Waals surface area contributed by atoms with Gasteiger partial charge in [0.1, 0.15) is 4.21 Å². The minimum absolute atomic E-state index is 0.0264. The number of ether oxygens (including phenoxy) is 1. The van der Waals surface area contributed by atoms with Crippen LogP contribution in [0.5, 0.6) is 0 Å². The molecule has 2 rings (SSSR count). The van der Waals surface area contributed by atoms with Crippen LogP contribution in [0.3, 0.4) is 0 Å². The highest BCUT2D eigenvalue weighted by molar-refractivity contribution is 7.91. The van der Waals surface area contributed by atoms with Crippen LogP contribution in [-0.4, -0.2) is 39.4 Å². The van der Waals surface area contributed by atoms with Crippen molar-refractivity contribution >= 4 is 21.4 Å². The zero-order valence-corrected chi connectivity index (χ0v) is 13.6.